The number of carbonyl (C=O) groups is 1. The van der Waals surface area contributed by atoms with E-state index in [1.165, 1.54) is 42.7 Å². The third kappa shape index (κ3) is 4.56. The lowest BCUT2D eigenvalue weighted by Crippen LogP contribution is -2.40. The van der Waals surface area contributed by atoms with Crippen molar-refractivity contribution in [3.63, 3.8) is 0 Å². The number of rotatable bonds is 6. The number of nitro benzene ring substituents is 1. The van der Waals surface area contributed by atoms with Crippen LogP contribution in [0.5, 0.6) is 11.5 Å². The molecule has 12 heteroatoms. The highest BCUT2D eigenvalue weighted by Crippen LogP contribution is 2.30. The summed E-state index contributed by atoms with van der Waals surface area (Å²) >= 11 is 0. The predicted octanol–water partition coefficient (Wildman–Crippen LogP) is 2.74. The fourth-order valence-electron chi connectivity index (χ4n) is 3.02. The molecule has 1 aliphatic rings. The maximum Gasteiger partial charge on any atom is 0.273 e. The SMILES string of the molecule is O=C(C1C=C(c2cnccc2Oc2ccc(F)cc2)NN1)S(=O)(=O)c1ccc([N+](=O)[O-])cc1. The summed E-state index contributed by atoms with van der Waals surface area (Å²) < 4.78 is 44.3. The molecule has 1 aromatic heterocycles. The molecule has 1 atom stereocenters. The Morgan fingerprint density at radius 1 is 1.09 bits per heavy atom. The molecule has 1 unspecified atom stereocenters. The summed E-state index contributed by atoms with van der Waals surface area (Å²) in [6, 6.07) is 9.72. The molecular weight excluding hydrogens is 455 g/mol. The van der Waals surface area contributed by atoms with E-state index in [9.17, 15) is 27.7 Å². The minimum atomic E-state index is -4.42. The highest BCUT2D eigenvalue weighted by molar-refractivity contribution is 8.06. The van der Waals surface area contributed by atoms with Gasteiger partial charge in [0, 0.05) is 24.5 Å². The van der Waals surface area contributed by atoms with Crippen LogP contribution >= 0.6 is 0 Å². The first-order valence-corrected chi connectivity index (χ1v) is 10.9. The van der Waals surface area contributed by atoms with Crippen molar-refractivity contribution in [3.05, 3.63) is 94.6 Å². The van der Waals surface area contributed by atoms with Gasteiger partial charge >= 0.3 is 0 Å². The van der Waals surface area contributed by atoms with E-state index in [4.69, 9.17) is 4.74 Å². The molecule has 4 rings (SSSR count). The van der Waals surface area contributed by atoms with Crippen molar-refractivity contribution < 1.29 is 27.3 Å². The summed E-state index contributed by atoms with van der Waals surface area (Å²) in [6.07, 6.45) is 4.30. The maximum atomic E-state index is 13.1. The Balaban J connectivity index is 1.58. The van der Waals surface area contributed by atoms with Gasteiger partial charge < -0.3 is 10.2 Å². The normalized spacial score (nSPS) is 15.4. The van der Waals surface area contributed by atoms with Crippen LogP contribution in [0.4, 0.5) is 10.1 Å². The van der Waals surface area contributed by atoms with Gasteiger partial charge in [0.15, 0.2) is 0 Å². The summed E-state index contributed by atoms with van der Waals surface area (Å²) in [6.45, 7) is 0. The lowest BCUT2D eigenvalue weighted by molar-refractivity contribution is -0.384. The zero-order valence-electron chi connectivity index (χ0n) is 16.6. The smallest absolute Gasteiger partial charge is 0.273 e. The number of nitrogens with one attached hydrogen (secondary N) is 2. The number of nitro groups is 1. The molecule has 2 aromatic carbocycles. The summed E-state index contributed by atoms with van der Waals surface area (Å²) in [7, 11) is -4.42. The van der Waals surface area contributed by atoms with Crippen LogP contribution in [0.15, 0.2) is 78.0 Å². The second-order valence-corrected chi connectivity index (χ2v) is 8.71. The number of hydrogen-bond donors (Lipinski definition) is 2. The fourth-order valence-corrected chi connectivity index (χ4v) is 4.21. The molecule has 10 nitrogen and oxygen atoms in total. The Bertz CT molecular complexity index is 1360. The number of non-ortho nitro benzene ring substituents is 1. The summed E-state index contributed by atoms with van der Waals surface area (Å²) in [5.74, 6) is 0.282. The Morgan fingerprint density at radius 3 is 2.45 bits per heavy atom. The van der Waals surface area contributed by atoms with E-state index >= 15 is 0 Å². The van der Waals surface area contributed by atoms with Gasteiger partial charge in [-0.1, -0.05) is 0 Å². The molecule has 0 fully saturated rings. The van der Waals surface area contributed by atoms with E-state index in [-0.39, 0.29) is 10.6 Å². The minimum absolute atomic E-state index is 0.297. The van der Waals surface area contributed by atoms with Gasteiger partial charge in [-0.25, -0.2) is 18.2 Å². The Kier molecular flexibility index (Phi) is 5.85. The molecular formula is C21H15FN4O6S. The molecule has 0 spiro atoms. The summed E-state index contributed by atoms with van der Waals surface area (Å²) in [5, 5.41) is 9.62. The van der Waals surface area contributed by atoms with Crippen LogP contribution in [-0.2, 0) is 14.6 Å². The average Bonchev–Trinajstić information content (AvgIpc) is 3.30. The maximum absolute atomic E-state index is 13.1. The van der Waals surface area contributed by atoms with Crippen molar-refractivity contribution in [3.8, 4) is 11.5 Å². The summed E-state index contributed by atoms with van der Waals surface area (Å²) in [4.78, 5) is 26.5. The molecule has 0 bridgehead atoms. The second kappa shape index (κ2) is 8.76. The topological polar surface area (TPSA) is 141 Å². The first-order chi connectivity index (χ1) is 15.8. The van der Waals surface area contributed by atoms with Crippen molar-refractivity contribution >= 4 is 26.3 Å². The van der Waals surface area contributed by atoms with E-state index in [2.05, 4.69) is 15.8 Å². The molecule has 0 saturated carbocycles. The Hall–Kier alpha value is -4.16. The van der Waals surface area contributed by atoms with Crippen LogP contribution in [0, 0.1) is 15.9 Å². The molecule has 0 saturated heterocycles. The number of hydrazine groups is 1. The third-order valence-corrected chi connectivity index (χ3v) is 6.36. The minimum Gasteiger partial charge on any atom is -0.457 e. The number of carbonyl (C=O) groups excluding carboxylic acids is 1. The first-order valence-electron chi connectivity index (χ1n) is 9.40. The van der Waals surface area contributed by atoms with Gasteiger partial charge in [-0.15, -0.1) is 0 Å². The van der Waals surface area contributed by atoms with Crippen molar-refractivity contribution in [1.29, 1.82) is 0 Å². The largest absolute Gasteiger partial charge is 0.457 e. The van der Waals surface area contributed by atoms with Crippen LogP contribution < -0.4 is 15.6 Å². The number of pyridine rings is 1. The lowest BCUT2D eigenvalue weighted by atomic mass is 10.1. The fraction of sp³-hybridized carbons (Fsp3) is 0.0476. The zero-order valence-corrected chi connectivity index (χ0v) is 17.5. The van der Waals surface area contributed by atoms with E-state index in [0.717, 1.165) is 24.3 Å². The number of sulfone groups is 1. The van der Waals surface area contributed by atoms with E-state index in [0.29, 0.717) is 22.8 Å². The number of halogens is 1. The van der Waals surface area contributed by atoms with E-state index in [1.807, 2.05) is 0 Å². The predicted molar refractivity (Wildman–Crippen MR) is 114 cm³/mol. The highest BCUT2D eigenvalue weighted by Gasteiger charge is 2.34. The molecule has 0 amide bonds. The molecule has 2 heterocycles. The zero-order chi connectivity index (χ0) is 23.6. The van der Waals surface area contributed by atoms with Crippen LogP contribution in [0.3, 0.4) is 0 Å². The molecule has 2 N–H and O–H groups in total. The van der Waals surface area contributed by atoms with Gasteiger partial charge in [0.05, 0.1) is 21.1 Å². The molecule has 1 aliphatic heterocycles. The lowest BCUT2D eigenvalue weighted by Gasteiger charge is -2.12. The second-order valence-electron chi connectivity index (χ2n) is 6.83. The summed E-state index contributed by atoms with van der Waals surface area (Å²) in [5.41, 5.74) is 5.82. The standard InChI is InChI=1S/C21H15FN4O6S/c22-13-1-5-15(6-2-13)32-20-9-10-23-12-17(20)18-11-19(25-24-18)21(27)33(30,31)16-7-3-14(4-8-16)26(28)29/h1-12,19,24-25H. The number of hydrogen-bond acceptors (Lipinski definition) is 9. The number of nitrogens with zero attached hydrogens (tertiary/aromatic N) is 2. The van der Waals surface area contributed by atoms with Gasteiger partial charge in [-0.05, 0) is 48.5 Å². The van der Waals surface area contributed by atoms with Gasteiger partial charge in [0.2, 0.25) is 9.84 Å². The molecule has 3 aromatic rings. The van der Waals surface area contributed by atoms with Gasteiger partial charge in [0.25, 0.3) is 10.8 Å². The highest BCUT2D eigenvalue weighted by atomic mass is 32.2. The monoisotopic (exact) mass is 470 g/mol. The van der Waals surface area contributed by atoms with E-state index < -0.39 is 31.7 Å². The molecule has 0 aliphatic carbocycles. The molecule has 0 radical (unpaired) electrons. The van der Waals surface area contributed by atoms with Crippen LogP contribution in [0.2, 0.25) is 0 Å². The molecule has 168 valence electrons. The van der Waals surface area contributed by atoms with E-state index in [1.54, 1.807) is 6.07 Å². The molecule has 33 heavy (non-hydrogen) atoms. The quantitative estimate of drug-likeness (QED) is 0.411. The van der Waals surface area contributed by atoms with Crippen molar-refractivity contribution in [2.75, 3.05) is 0 Å². The van der Waals surface area contributed by atoms with Gasteiger partial charge in [0.1, 0.15) is 23.4 Å². The number of benzene rings is 2. The van der Waals surface area contributed by atoms with Crippen LogP contribution in [-0.4, -0.2) is 29.5 Å². The van der Waals surface area contributed by atoms with Crippen molar-refractivity contribution in [2.24, 2.45) is 0 Å². The number of ether oxygens (including phenoxy) is 1. The van der Waals surface area contributed by atoms with Gasteiger partial charge in [-0.3, -0.25) is 19.9 Å². The van der Waals surface area contributed by atoms with Crippen molar-refractivity contribution in [1.82, 2.24) is 15.8 Å². The third-order valence-electron chi connectivity index (χ3n) is 4.68. The van der Waals surface area contributed by atoms with Crippen LogP contribution in [0.25, 0.3) is 5.70 Å². The number of aromatic nitrogens is 1. The Morgan fingerprint density at radius 2 is 1.79 bits per heavy atom. The van der Waals surface area contributed by atoms with Gasteiger partial charge in [-0.2, -0.15) is 0 Å². The average molecular weight is 470 g/mol. The van der Waals surface area contributed by atoms with Crippen LogP contribution in [0.1, 0.15) is 5.56 Å². The van der Waals surface area contributed by atoms with Crippen molar-refractivity contribution in [2.45, 2.75) is 10.9 Å². The first kappa shape index (κ1) is 22.0. The Labute approximate surface area is 186 Å².